The molecule has 0 saturated heterocycles. The summed E-state index contributed by atoms with van der Waals surface area (Å²) >= 11 is 5.88. The molecule has 3 rings (SSSR count). The van der Waals surface area contributed by atoms with Crippen LogP contribution in [-0.4, -0.2) is 26.8 Å². The lowest BCUT2D eigenvalue weighted by molar-refractivity contribution is 0.476. The third-order valence-electron chi connectivity index (χ3n) is 3.11. The van der Waals surface area contributed by atoms with Gasteiger partial charge in [-0.1, -0.05) is 11.6 Å². The number of rotatable bonds is 5. The summed E-state index contributed by atoms with van der Waals surface area (Å²) in [5.41, 5.74) is 7.54. The topological polar surface area (TPSA) is 78.9 Å². The van der Waals surface area contributed by atoms with Gasteiger partial charge in [-0.05, 0) is 71.4 Å². The molecule has 0 bridgehead atoms. The van der Waals surface area contributed by atoms with Crippen molar-refractivity contribution in [2.24, 2.45) is 5.73 Å². The van der Waals surface area contributed by atoms with Gasteiger partial charge in [0.05, 0.1) is 5.69 Å². The fourth-order valence-electron chi connectivity index (χ4n) is 2.07. The van der Waals surface area contributed by atoms with E-state index in [0.29, 0.717) is 18.0 Å². The number of ether oxygens (including phenoxy) is 1. The number of nitrogens with two attached hydrogens (primary N) is 1. The van der Waals surface area contributed by atoms with Crippen molar-refractivity contribution in [2.45, 2.75) is 6.42 Å². The minimum atomic E-state index is 0.524. The van der Waals surface area contributed by atoms with Gasteiger partial charge < -0.3 is 10.5 Å². The van der Waals surface area contributed by atoms with E-state index in [-0.39, 0.29) is 0 Å². The number of aromatic nitrogens is 4. The second-order valence-corrected chi connectivity index (χ2v) is 5.08. The number of tetrazole rings is 1. The van der Waals surface area contributed by atoms with Crippen molar-refractivity contribution in [2.75, 3.05) is 6.54 Å². The van der Waals surface area contributed by atoms with Gasteiger partial charge in [0.25, 0.3) is 0 Å². The summed E-state index contributed by atoms with van der Waals surface area (Å²) in [6.45, 7) is 0.524. The van der Waals surface area contributed by atoms with Crippen LogP contribution in [0.2, 0.25) is 5.02 Å². The first-order valence-electron chi connectivity index (χ1n) is 6.76. The van der Waals surface area contributed by atoms with Crippen LogP contribution in [0.4, 0.5) is 0 Å². The zero-order chi connectivity index (χ0) is 15.4. The third-order valence-corrected chi connectivity index (χ3v) is 3.36. The largest absolute Gasteiger partial charge is 0.457 e. The first-order valence-corrected chi connectivity index (χ1v) is 7.14. The van der Waals surface area contributed by atoms with E-state index in [1.165, 1.54) is 0 Å². The molecule has 0 aliphatic heterocycles. The van der Waals surface area contributed by atoms with E-state index < -0.39 is 0 Å². The highest BCUT2D eigenvalue weighted by Crippen LogP contribution is 2.28. The SMILES string of the molecule is NCCc1cc(-n2cnnn2)ccc1Oc1ccc(Cl)cc1. The molecule has 3 aromatic rings. The van der Waals surface area contributed by atoms with Crippen LogP contribution in [0.1, 0.15) is 5.56 Å². The normalized spacial score (nSPS) is 10.6. The van der Waals surface area contributed by atoms with Crippen LogP contribution in [-0.2, 0) is 6.42 Å². The summed E-state index contributed by atoms with van der Waals surface area (Å²) in [4.78, 5) is 0. The summed E-state index contributed by atoms with van der Waals surface area (Å²) in [6, 6.07) is 13.0. The molecule has 0 atom stereocenters. The van der Waals surface area contributed by atoms with Crippen LogP contribution >= 0.6 is 11.6 Å². The quantitative estimate of drug-likeness (QED) is 0.783. The Labute approximate surface area is 132 Å². The van der Waals surface area contributed by atoms with Gasteiger partial charge in [-0.25, -0.2) is 4.68 Å². The second kappa shape index (κ2) is 6.55. The Morgan fingerprint density at radius 3 is 2.64 bits per heavy atom. The van der Waals surface area contributed by atoms with Crippen LogP contribution in [0.3, 0.4) is 0 Å². The third kappa shape index (κ3) is 3.24. The molecule has 0 unspecified atom stereocenters. The predicted octanol–water partition coefficient (Wildman–Crippen LogP) is 2.61. The Hall–Kier alpha value is -2.44. The van der Waals surface area contributed by atoms with E-state index >= 15 is 0 Å². The Bertz CT molecular complexity index is 743. The van der Waals surface area contributed by atoms with Gasteiger partial charge >= 0.3 is 0 Å². The van der Waals surface area contributed by atoms with E-state index in [4.69, 9.17) is 22.1 Å². The monoisotopic (exact) mass is 315 g/mol. The minimum absolute atomic E-state index is 0.524. The maximum atomic E-state index is 5.91. The van der Waals surface area contributed by atoms with Gasteiger partial charge in [-0.2, -0.15) is 0 Å². The van der Waals surface area contributed by atoms with Gasteiger partial charge in [-0.3, -0.25) is 0 Å². The Balaban J connectivity index is 1.91. The molecule has 0 aliphatic carbocycles. The van der Waals surface area contributed by atoms with E-state index in [1.807, 2.05) is 30.3 Å². The Morgan fingerprint density at radius 1 is 1.14 bits per heavy atom. The highest BCUT2D eigenvalue weighted by atomic mass is 35.5. The first kappa shape index (κ1) is 14.5. The molecular weight excluding hydrogens is 302 g/mol. The van der Waals surface area contributed by atoms with Crippen LogP contribution in [0, 0.1) is 0 Å². The van der Waals surface area contributed by atoms with E-state index in [0.717, 1.165) is 22.7 Å². The van der Waals surface area contributed by atoms with Crippen LogP contribution in [0.25, 0.3) is 5.69 Å². The molecular formula is C15H14ClN5O. The zero-order valence-corrected chi connectivity index (χ0v) is 12.4. The van der Waals surface area contributed by atoms with Crippen molar-refractivity contribution < 1.29 is 4.74 Å². The van der Waals surface area contributed by atoms with E-state index in [1.54, 1.807) is 23.1 Å². The number of hydrogen-bond donors (Lipinski definition) is 1. The smallest absolute Gasteiger partial charge is 0.143 e. The average Bonchev–Trinajstić information content (AvgIpc) is 3.06. The fraction of sp³-hybridized carbons (Fsp3) is 0.133. The maximum Gasteiger partial charge on any atom is 0.143 e. The molecule has 6 nitrogen and oxygen atoms in total. The molecule has 22 heavy (non-hydrogen) atoms. The van der Waals surface area contributed by atoms with Gasteiger partial charge in [0, 0.05) is 5.02 Å². The van der Waals surface area contributed by atoms with Crippen LogP contribution in [0.5, 0.6) is 11.5 Å². The van der Waals surface area contributed by atoms with Crippen molar-refractivity contribution in [1.29, 1.82) is 0 Å². The summed E-state index contributed by atoms with van der Waals surface area (Å²) in [6.07, 6.45) is 2.24. The summed E-state index contributed by atoms with van der Waals surface area (Å²) in [5, 5.41) is 11.8. The number of benzene rings is 2. The number of hydrogen-bond acceptors (Lipinski definition) is 5. The molecule has 0 aliphatic rings. The molecule has 112 valence electrons. The van der Waals surface area contributed by atoms with Crippen molar-refractivity contribution in [3.05, 3.63) is 59.4 Å². The Morgan fingerprint density at radius 2 is 1.95 bits per heavy atom. The predicted molar refractivity (Wildman–Crippen MR) is 83.4 cm³/mol. The molecule has 7 heteroatoms. The minimum Gasteiger partial charge on any atom is -0.457 e. The summed E-state index contributed by atoms with van der Waals surface area (Å²) < 4.78 is 7.50. The van der Waals surface area contributed by atoms with E-state index in [2.05, 4.69) is 15.5 Å². The van der Waals surface area contributed by atoms with Crippen LogP contribution < -0.4 is 10.5 Å². The lowest BCUT2D eigenvalue weighted by atomic mass is 10.1. The summed E-state index contributed by atoms with van der Waals surface area (Å²) in [7, 11) is 0. The lowest BCUT2D eigenvalue weighted by Crippen LogP contribution is -2.05. The Kier molecular flexibility index (Phi) is 4.32. The first-order chi connectivity index (χ1) is 10.8. The molecule has 1 aromatic heterocycles. The average molecular weight is 316 g/mol. The highest BCUT2D eigenvalue weighted by molar-refractivity contribution is 6.30. The van der Waals surface area contributed by atoms with Crippen molar-refractivity contribution in [3.63, 3.8) is 0 Å². The molecule has 0 fully saturated rings. The molecule has 2 N–H and O–H groups in total. The zero-order valence-electron chi connectivity index (χ0n) is 11.7. The van der Waals surface area contributed by atoms with Gasteiger partial charge in [0.2, 0.25) is 0 Å². The molecule has 2 aromatic carbocycles. The standard InChI is InChI=1S/C15H14ClN5O/c16-12-1-4-14(5-2-12)22-15-6-3-13(9-11(15)7-8-17)21-10-18-19-20-21/h1-6,9-10H,7-8,17H2. The molecule has 1 heterocycles. The summed E-state index contributed by atoms with van der Waals surface area (Å²) in [5.74, 6) is 1.47. The molecule has 0 amide bonds. The highest BCUT2D eigenvalue weighted by Gasteiger charge is 2.08. The molecule has 0 spiro atoms. The van der Waals surface area contributed by atoms with Crippen molar-refractivity contribution >= 4 is 11.6 Å². The van der Waals surface area contributed by atoms with Gasteiger partial charge in [0.1, 0.15) is 17.8 Å². The molecule has 0 saturated carbocycles. The van der Waals surface area contributed by atoms with E-state index in [9.17, 15) is 0 Å². The number of halogens is 1. The van der Waals surface area contributed by atoms with Crippen LogP contribution in [0.15, 0.2) is 48.8 Å². The van der Waals surface area contributed by atoms with Crippen molar-refractivity contribution in [1.82, 2.24) is 20.2 Å². The van der Waals surface area contributed by atoms with Crippen molar-refractivity contribution in [3.8, 4) is 17.2 Å². The lowest BCUT2D eigenvalue weighted by Gasteiger charge is -2.12. The fourth-order valence-corrected chi connectivity index (χ4v) is 2.19. The van der Waals surface area contributed by atoms with Gasteiger partial charge in [-0.15, -0.1) is 5.10 Å². The van der Waals surface area contributed by atoms with Gasteiger partial charge in [0.15, 0.2) is 0 Å². The maximum absolute atomic E-state index is 5.91. The molecule has 0 radical (unpaired) electrons. The second-order valence-electron chi connectivity index (χ2n) is 4.64. The number of nitrogens with zero attached hydrogens (tertiary/aromatic N) is 4.